The number of halogens is 1. The molecule has 0 radical (unpaired) electrons. The summed E-state index contributed by atoms with van der Waals surface area (Å²) in [5, 5.41) is 3.81. The van der Waals surface area contributed by atoms with Gasteiger partial charge in [0.05, 0.1) is 0 Å². The van der Waals surface area contributed by atoms with E-state index in [9.17, 15) is 4.79 Å². The van der Waals surface area contributed by atoms with Crippen molar-refractivity contribution in [3.05, 3.63) is 34.9 Å². The second-order valence-electron chi connectivity index (χ2n) is 6.03. The fourth-order valence-electron chi connectivity index (χ4n) is 2.82. The first kappa shape index (κ1) is 15.3. The zero-order valence-electron chi connectivity index (χ0n) is 12.0. The van der Waals surface area contributed by atoms with Crippen LogP contribution in [-0.4, -0.2) is 18.5 Å². The molecule has 0 heterocycles. The summed E-state index contributed by atoms with van der Waals surface area (Å²) < 4.78 is 0. The predicted molar refractivity (Wildman–Crippen MR) is 82.7 cm³/mol. The van der Waals surface area contributed by atoms with Gasteiger partial charge in [0.25, 0.3) is 0 Å². The third-order valence-electron chi connectivity index (χ3n) is 4.25. The van der Waals surface area contributed by atoms with Gasteiger partial charge in [-0.15, -0.1) is 0 Å². The number of nitrogens with two attached hydrogens (primary N) is 1. The first-order valence-corrected chi connectivity index (χ1v) is 7.65. The molecular formula is C16H23ClN2O. The minimum absolute atomic E-state index is 0.0735. The summed E-state index contributed by atoms with van der Waals surface area (Å²) in [6.07, 6.45) is 4.75. The molecule has 4 heteroatoms. The molecule has 20 heavy (non-hydrogen) atoms. The third kappa shape index (κ3) is 3.97. The smallest absolute Gasteiger partial charge is 0.220 e. The van der Waals surface area contributed by atoms with Gasteiger partial charge in [0.2, 0.25) is 5.91 Å². The van der Waals surface area contributed by atoms with Crippen molar-refractivity contribution in [3.63, 3.8) is 0 Å². The topological polar surface area (TPSA) is 55.1 Å². The SMILES string of the molecule is CC(Cc1ccc(Cl)cc1)NC(=O)CC1(CN)CCC1. The maximum Gasteiger partial charge on any atom is 0.220 e. The van der Waals surface area contributed by atoms with E-state index in [-0.39, 0.29) is 17.4 Å². The van der Waals surface area contributed by atoms with E-state index in [1.165, 1.54) is 12.0 Å². The van der Waals surface area contributed by atoms with Crippen molar-refractivity contribution < 1.29 is 4.79 Å². The fraction of sp³-hybridized carbons (Fsp3) is 0.562. The lowest BCUT2D eigenvalue weighted by atomic mass is 9.66. The molecule has 1 fully saturated rings. The number of hydrogen-bond donors (Lipinski definition) is 2. The van der Waals surface area contributed by atoms with Gasteiger partial charge in [0, 0.05) is 17.5 Å². The van der Waals surface area contributed by atoms with E-state index in [1.807, 2.05) is 31.2 Å². The monoisotopic (exact) mass is 294 g/mol. The lowest BCUT2D eigenvalue weighted by Gasteiger charge is -2.40. The molecule has 0 aromatic heterocycles. The summed E-state index contributed by atoms with van der Waals surface area (Å²) in [5.41, 5.74) is 7.05. The van der Waals surface area contributed by atoms with E-state index in [0.29, 0.717) is 13.0 Å². The molecule has 1 aromatic carbocycles. The third-order valence-corrected chi connectivity index (χ3v) is 4.50. The lowest BCUT2D eigenvalue weighted by Crippen LogP contribution is -2.44. The molecule has 1 saturated carbocycles. The highest BCUT2D eigenvalue weighted by atomic mass is 35.5. The van der Waals surface area contributed by atoms with Gasteiger partial charge in [0.1, 0.15) is 0 Å². The first-order chi connectivity index (χ1) is 9.53. The fourth-order valence-corrected chi connectivity index (χ4v) is 2.95. The van der Waals surface area contributed by atoms with Crippen LogP contribution in [-0.2, 0) is 11.2 Å². The summed E-state index contributed by atoms with van der Waals surface area (Å²) in [6, 6.07) is 7.88. The van der Waals surface area contributed by atoms with E-state index in [0.717, 1.165) is 24.3 Å². The average Bonchev–Trinajstić information content (AvgIpc) is 2.36. The Morgan fingerprint density at radius 1 is 1.40 bits per heavy atom. The van der Waals surface area contributed by atoms with Crippen molar-refractivity contribution in [2.45, 2.75) is 45.1 Å². The van der Waals surface area contributed by atoms with Crippen molar-refractivity contribution in [1.82, 2.24) is 5.32 Å². The van der Waals surface area contributed by atoms with E-state index < -0.39 is 0 Å². The van der Waals surface area contributed by atoms with Crippen molar-refractivity contribution >= 4 is 17.5 Å². The molecule has 1 amide bonds. The minimum atomic E-state index is 0.0735. The van der Waals surface area contributed by atoms with Crippen molar-refractivity contribution in [3.8, 4) is 0 Å². The Balaban J connectivity index is 1.80. The molecule has 3 N–H and O–H groups in total. The highest BCUT2D eigenvalue weighted by Crippen LogP contribution is 2.42. The Morgan fingerprint density at radius 2 is 2.05 bits per heavy atom. The van der Waals surface area contributed by atoms with Gasteiger partial charge < -0.3 is 11.1 Å². The van der Waals surface area contributed by atoms with Gasteiger partial charge in [-0.05, 0) is 55.8 Å². The molecule has 0 bridgehead atoms. The van der Waals surface area contributed by atoms with Crippen molar-refractivity contribution in [2.24, 2.45) is 11.1 Å². The van der Waals surface area contributed by atoms with Crippen LogP contribution < -0.4 is 11.1 Å². The molecule has 0 spiro atoms. The largest absolute Gasteiger partial charge is 0.353 e. The van der Waals surface area contributed by atoms with Crippen LogP contribution >= 0.6 is 11.6 Å². The maximum absolute atomic E-state index is 12.1. The molecule has 2 rings (SSSR count). The van der Waals surface area contributed by atoms with Gasteiger partial charge in [-0.1, -0.05) is 30.2 Å². The number of carbonyl (C=O) groups is 1. The Kier molecular flexibility index (Phi) is 5.06. The number of carbonyl (C=O) groups excluding carboxylic acids is 1. The molecule has 1 aliphatic carbocycles. The highest BCUT2D eigenvalue weighted by molar-refractivity contribution is 6.30. The van der Waals surface area contributed by atoms with Crippen LogP contribution in [0.15, 0.2) is 24.3 Å². The van der Waals surface area contributed by atoms with Crippen LogP contribution in [0.5, 0.6) is 0 Å². The maximum atomic E-state index is 12.1. The lowest BCUT2D eigenvalue weighted by molar-refractivity contribution is -0.125. The molecular weight excluding hydrogens is 272 g/mol. The quantitative estimate of drug-likeness (QED) is 0.847. The normalized spacial score (nSPS) is 18.1. The van der Waals surface area contributed by atoms with Crippen LogP contribution in [0.4, 0.5) is 0 Å². The number of benzene rings is 1. The van der Waals surface area contributed by atoms with Crippen LogP contribution in [0.25, 0.3) is 0 Å². The molecule has 0 saturated heterocycles. The molecule has 3 nitrogen and oxygen atoms in total. The van der Waals surface area contributed by atoms with Crippen LogP contribution in [0.3, 0.4) is 0 Å². The second-order valence-corrected chi connectivity index (χ2v) is 6.47. The standard InChI is InChI=1S/C16H23ClN2O/c1-12(9-13-3-5-14(17)6-4-13)19-15(20)10-16(11-18)7-2-8-16/h3-6,12H,2,7-11,18H2,1H3,(H,19,20). The van der Waals surface area contributed by atoms with Crippen LogP contribution in [0, 0.1) is 5.41 Å². The van der Waals surface area contributed by atoms with E-state index in [4.69, 9.17) is 17.3 Å². The zero-order chi connectivity index (χ0) is 14.6. The first-order valence-electron chi connectivity index (χ1n) is 7.27. The van der Waals surface area contributed by atoms with E-state index in [2.05, 4.69) is 5.32 Å². The van der Waals surface area contributed by atoms with E-state index >= 15 is 0 Å². The second kappa shape index (κ2) is 6.59. The summed E-state index contributed by atoms with van der Waals surface area (Å²) in [5.74, 6) is 0.122. The van der Waals surface area contributed by atoms with Crippen molar-refractivity contribution in [1.29, 1.82) is 0 Å². The number of rotatable bonds is 6. The summed E-state index contributed by atoms with van der Waals surface area (Å²) in [7, 11) is 0. The minimum Gasteiger partial charge on any atom is -0.353 e. The van der Waals surface area contributed by atoms with Gasteiger partial charge in [-0.3, -0.25) is 4.79 Å². The van der Waals surface area contributed by atoms with Gasteiger partial charge >= 0.3 is 0 Å². The molecule has 110 valence electrons. The average molecular weight is 295 g/mol. The van der Waals surface area contributed by atoms with Crippen LogP contribution in [0.2, 0.25) is 5.02 Å². The van der Waals surface area contributed by atoms with E-state index in [1.54, 1.807) is 0 Å². The van der Waals surface area contributed by atoms with Gasteiger partial charge in [-0.2, -0.15) is 0 Å². The Bertz CT molecular complexity index is 449. The molecule has 1 unspecified atom stereocenters. The van der Waals surface area contributed by atoms with Gasteiger partial charge in [0.15, 0.2) is 0 Å². The highest BCUT2D eigenvalue weighted by Gasteiger charge is 2.37. The molecule has 0 aliphatic heterocycles. The Morgan fingerprint density at radius 3 is 2.55 bits per heavy atom. The number of hydrogen-bond acceptors (Lipinski definition) is 2. The summed E-state index contributed by atoms with van der Waals surface area (Å²) in [6.45, 7) is 2.65. The summed E-state index contributed by atoms with van der Waals surface area (Å²) >= 11 is 5.86. The Hall–Kier alpha value is -1.06. The molecule has 1 aromatic rings. The Labute approximate surface area is 125 Å². The predicted octanol–water partition coefficient (Wildman–Crippen LogP) is 2.91. The number of amides is 1. The molecule has 1 aliphatic rings. The molecule has 1 atom stereocenters. The van der Waals surface area contributed by atoms with Gasteiger partial charge in [-0.25, -0.2) is 0 Å². The zero-order valence-corrected chi connectivity index (χ0v) is 12.7. The van der Waals surface area contributed by atoms with Crippen molar-refractivity contribution in [2.75, 3.05) is 6.54 Å². The van der Waals surface area contributed by atoms with Crippen LogP contribution in [0.1, 0.15) is 38.2 Å². The number of nitrogens with one attached hydrogen (secondary N) is 1. The summed E-state index contributed by atoms with van der Waals surface area (Å²) in [4.78, 5) is 12.1.